The number of nitrogens with zero attached hydrogens (tertiary/aromatic N) is 2. The Morgan fingerprint density at radius 3 is 2.81 bits per heavy atom. The lowest BCUT2D eigenvalue weighted by Crippen LogP contribution is -2.41. The van der Waals surface area contributed by atoms with Gasteiger partial charge in [0, 0.05) is 29.1 Å². The highest BCUT2D eigenvalue weighted by Gasteiger charge is 2.40. The molecule has 138 valence electrons. The fourth-order valence-corrected chi connectivity index (χ4v) is 4.61. The molecule has 0 aliphatic carbocycles. The molecule has 1 aromatic heterocycles. The lowest BCUT2D eigenvalue weighted by Gasteiger charge is -2.36. The van der Waals surface area contributed by atoms with Crippen molar-refractivity contribution in [2.24, 2.45) is 5.92 Å². The van der Waals surface area contributed by atoms with Crippen molar-refractivity contribution in [3.63, 3.8) is 0 Å². The first kappa shape index (κ1) is 18.0. The van der Waals surface area contributed by atoms with Gasteiger partial charge in [0.25, 0.3) is 0 Å². The molecular formula is C21H26BrN3O. The van der Waals surface area contributed by atoms with Crippen LogP contribution in [0.25, 0.3) is 21.8 Å². The van der Waals surface area contributed by atoms with Gasteiger partial charge in [0.2, 0.25) is 0 Å². The van der Waals surface area contributed by atoms with Gasteiger partial charge in [-0.2, -0.15) is 0 Å². The average molecular weight is 416 g/mol. The van der Waals surface area contributed by atoms with Crippen LogP contribution in [0.2, 0.25) is 0 Å². The summed E-state index contributed by atoms with van der Waals surface area (Å²) >= 11 is 3.56. The summed E-state index contributed by atoms with van der Waals surface area (Å²) in [6.45, 7) is 8.70. The zero-order chi connectivity index (χ0) is 18.5. The van der Waals surface area contributed by atoms with Gasteiger partial charge in [0.15, 0.2) is 0 Å². The van der Waals surface area contributed by atoms with Crippen LogP contribution >= 0.6 is 15.9 Å². The molecule has 0 radical (unpaired) electrons. The van der Waals surface area contributed by atoms with Crippen molar-refractivity contribution >= 4 is 37.7 Å². The number of imidazole rings is 1. The molecule has 0 spiro atoms. The van der Waals surface area contributed by atoms with Crippen LogP contribution in [0.5, 0.6) is 0 Å². The van der Waals surface area contributed by atoms with Crippen LogP contribution in [0.4, 0.5) is 0 Å². The number of hydrogen-bond acceptors (Lipinski definition) is 3. The molecule has 4 nitrogen and oxygen atoms in total. The molecule has 1 N–H and O–H groups in total. The fraction of sp³-hybridized carbons (Fsp3) is 0.476. The fourth-order valence-electron chi connectivity index (χ4n) is 4.23. The predicted molar refractivity (Wildman–Crippen MR) is 110 cm³/mol. The van der Waals surface area contributed by atoms with Gasteiger partial charge in [-0.25, -0.2) is 4.98 Å². The molecule has 1 fully saturated rings. The summed E-state index contributed by atoms with van der Waals surface area (Å²) in [5.41, 5.74) is 2.27. The van der Waals surface area contributed by atoms with Crippen molar-refractivity contribution in [3.05, 3.63) is 40.6 Å². The zero-order valence-corrected chi connectivity index (χ0v) is 17.4. The van der Waals surface area contributed by atoms with Gasteiger partial charge in [0.05, 0.1) is 23.7 Å². The second-order valence-corrected chi connectivity index (χ2v) is 9.26. The summed E-state index contributed by atoms with van der Waals surface area (Å²) in [5.74, 6) is 1.62. The highest BCUT2D eigenvalue weighted by Crippen LogP contribution is 2.40. The molecule has 4 rings (SSSR count). The van der Waals surface area contributed by atoms with E-state index in [0.717, 1.165) is 40.9 Å². The van der Waals surface area contributed by atoms with Crippen LogP contribution in [0.1, 0.15) is 39.1 Å². The van der Waals surface area contributed by atoms with E-state index in [0.29, 0.717) is 12.0 Å². The van der Waals surface area contributed by atoms with Gasteiger partial charge in [-0.05, 0) is 56.7 Å². The van der Waals surface area contributed by atoms with Crippen molar-refractivity contribution in [3.8, 4) is 0 Å². The highest BCUT2D eigenvalue weighted by molar-refractivity contribution is 9.10. The number of fused-ring (bicyclic) bond motifs is 3. The van der Waals surface area contributed by atoms with Crippen molar-refractivity contribution in [2.45, 2.75) is 38.8 Å². The van der Waals surface area contributed by atoms with Crippen molar-refractivity contribution in [1.29, 1.82) is 0 Å². The maximum Gasteiger partial charge on any atom is 0.124 e. The molecule has 2 heterocycles. The second kappa shape index (κ2) is 6.63. The summed E-state index contributed by atoms with van der Waals surface area (Å²) < 4.78 is 6.53. The third-order valence-electron chi connectivity index (χ3n) is 5.42. The number of nitrogens with one attached hydrogen (secondary N) is 1. The predicted octanol–water partition coefficient (Wildman–Crippen LogP) is 5.29. The Kier molecular flexibility index (Phi) is 4.58. The quantitative estimate of drug-likeness (QED) is 0.631. The molecule has 26 heavy (non-hydrogen) atoms. The van der Waals surface area contributed by atoms with E-state index in [1.54, 1.807) is 7.11 Å². The standard InChI is InChI=1S/C21H26BrN3O/c1-21(2,3)25-11-13(12-26-4)9-18(25)20-23-17-8-5-14-10-15(22)6-7-16(14)19(17)24-20/h5-8,10,13,18H,9,11-12H2,1-4H3,(H,23,24)/t13-,18-/m0/s1. The third kappa shape index (κ3) is 3.17. The number of halogens is 1. The van der Waals surface area contributed by atoms with Gasteiger partial charge < -0.3 is 9.72 Å². The van der Waals surface area contributed by atoms with E-state index in [4.69, 9.17) is 9.72 Å². The van der Waals surface area contributed by atoms with Crippen molar-refractivity contribution in [2.75, 3.05) is 20.3 Å². The molecule has 0 amide bonds. The number of ether oxygens (including phenoxy) is 1. The minimum Gasteiger partial charge on any atom is -0.384 e. The molecule has 0 bridgehead atoms. The Morgan fingerprint density at radius 2 is 2.08 bits per heavy atom. The molecule has 2 aromatic carbocycles. The van der Waals surface area contributed by atoms with Crippen LogP contribution < -0.4 is 0 Å². The van der Waals surface area contributed by atoms with Gasteiger partial charge in [-0.15, -0.1) is 0 Å². The minimum absolute atomic E-state index is 0.0963. The average Bonchev–Trinajstić information content (AvgIpc) is 3.18. The number of H-pyrrole nitrogens is 1. The first-order valence-corrected chi connectivity index (χ1v) is 9.99. The van der Waals surface area contributed by atoms with E-state index in [1.807, 2.05) is 0 Å². The number of methoxy groups -OCH3 is 1. The number of aromatic amines is 1. The van der Waals surface area contributed by atoms with Gasteiger partial charge in [0.1, 0.15) is 5.82 Å². The second-order valence-electron chi connectivity index (χ2n) is 8.35. The smallest absolute Gasteiger partial charge is 0.124 e. The zero-order valence-electron chi connectivity index (χ0n) is 15.8. The van der Waals surface area contributed by atoms with Crippen LogP contribution in [-0.2, 0) is 4.74 Å². The summed E-state index contributed by atoms with van der Waals surface area (Å²) in [6, 6.07) is 11.0. The van der Waals surface area contributed by atoms with Crippen LogP contribution in [0.15, 0.2) is 34.8 Å². The number of hydrogen-bond donors (Lipinski definition) is 1. The molecule has 0 unspecified atom stereocenters. The van der Waals surface area contributed by atoms with E-state index in [2.05, 4.69) is 76.9 Å². The van der Waals surface area contributed by atoms with Crippen molar-refractivity contribution in [1.82, 2.24) is 14.9 Å². The summed E-state index contributed by atoms with van der Waals surface area (Å²) in [7, 11) is 1.79. The largest absolute Gasteiger partial charge is 0.384 e. The maximum absolute atomic E-state index is 5.44. The molecule has 2 atom stereocenters. The van der Waals surface area contributed by atoms with Crippen molar-refractivity contribution < 1.29 is 4.74 Å². The Hall–Kier alpha value is -1.43. The lowest BCUT2D eigenvalue weighted by atomic mass is 10.0. The normalized spacial score (nSPS) is 21.9. The van der Waals surface area contributed by atoms with Gasteiger partial charge >= 0.3 is 0 Å². The van der Waals surface area contributed by atoms with Crippen LogP contribution in [-0.4, -0.2) is 40.7 Å². The summed E-state index contributed by atoms with van der Waals surface area (Å²) in [4.78, 5) is 11.2. The monoisotopic (exact) mass is 415 g/mol. The van der Waals surface area contributed by atoms with Gasteiger partial charge in [-0.1, -0.05) is 28.1 Å². The molecule has 1 aliphatic heterocycles. The van der Waals surface area contributed by atoms with Crippen LogP contribution in [0.3, 0.4) is 0 Å². The Bertz CT molecular complexity index is 943. The Morgan fingerprint density at radius 1 is 1.27 bits per heavy atom. The topological polar surface area (TPSA) is 41.1 Å². The first-order chi connectivity index (χ1) is 12.4. The molecule has 3 aromatic rings. The lowest BCUT2D eigenvalue weighted by molar-refractivity contribution is 0.105. The molecular weight excluding hydrogens is 390 g/mol. The number of aromatic nitrogens is 2. The number of rotatable bonds is 3. The molecule has 5 heteroatoms. The molecule has 0 saturated carbocycles. The molecule has 1 aliphatic rings. The first-order valence-electron chi connectivity index (χ1n) is 9.20. The van der Waals surface area contributed by atoms with Gasteiger partial charge in [-0.3, -0.25) is 4.90 Å². The van der Waals surface area contributed by atoms with E-state index in [1.165, 1.54) is 10.8 Å². The van der Waals surface area contributed by atoms with E-state index in [-0.39, 0.29) is 5.54 Å². The Balaban J connectivity index is 1.78. The van der Waals surface area contributed by atoms with E-state index >= 15 is 0 Å². The summed E-state index contributed by atoms with van der Waals surface area (Å²) in [6.07, 6.45) is 1.08. The Labute approximate surface area is 163 Å². The van der Waals surface area contributed by atoms with E-state index in [9.17, 15) is 0 Å². The molecule has 1 saturated heterocycles. The highest BCUT2D eigenvalue weighted by atomic mass is 79.9. The maximum atomic E-state index is 5.44. The number of likely N-dealkylation sites (tertiary alicyclic amines) is 1. The summed E-state index contributed by atoms with van der Waals surface area (Å²) in [5, 5.41) is 2.41. The van der Waals surface area contributed by atoms with E-state index < -0.39 is 0 Å². The SMILES string of the molecule is COC[C@H]1C[C@@H](c2nc3c(ccc4cc(Br)ccc43)[nH]2)N(C(C)(C)C)C1. The minimum atomic E-state index is 0.0963. The van der Waals surface area contributed by atoms with Crippen LogP contribution in [0, 0.1) is 5.92 Å². The number of benzene rings is 2. The third-order valence-corrected chi connectivity index (χ3v) is 5.91.